The number of hydrogen-bond donors (Lipinski definition) is 3. The van der Waals surface area contributed by atoms with Crippen molar-refractivity contribution < 1.29 is 14.7 Å². The molecule has 0 aliphatic carbocycles. The second-order valence-corrected chi connectivity index (χ2v) is 4.98. The van der Waals surface area contributed by atoms with Crippen LogP contribution in [0.4, 0.5) is 5.82 Å². The maximum absolute atomic E-state index is 12.0. The predicted octanol–water partition coefficient (Wildman–Crippen LogP) is 1.33. The highest BCUT2D eigenvalue weighted by Crippen LogP contribution is 2.04. The van der Waals surface area contributed by atoms with Gasteiger partial charge < -0.3 is 15.7 Å². The van der Waals surface area contributed by atoms with Crippen LogP contribution < -0.4 is 10.6 Å². The zero-order valence-corrected chi connectivity index (χ0v) is 12.7. The molecular formula is C16H18N4O3. The molecule has 1 heterocycles. The zero-order chi connectivity index (χ0) is 16.7. The molecule has 0 aliphatic rings. The van der Waals surface area contributed by atoms with Crippen LogP contribution in [-0.2, 0) is 11.2 Å². The average Bonchev–Trinajstić information content (AvgIpc) is 2.56. The van der Waals surface area contributed by atoms with Crippen LogP contribution >= 0.6 is 0 Å². The van der Waals surface area contributed by atoms with Crippen molar-refractivity contribution in [1.29, 1.82) is 0 Å². The van der Waals surface area contributed by atoms with Crippen molar-refractivity contribution >= 4 is 17.7 Å². The first kappa shape index (κ1) is 16.4. The Hall–Kier alpha value is -2.96. The number of rotatable bonds is 7. The Morgan fingerprint density at radius 3 is 2.52 bits per heavy atom. The van der Waals surface area contributed by atoms with Crippen LogP contribution in [0.3, 0.4) is 0 Å². The van der Waals surface area contributed by atoms with E-state index in [4.69, 9.17) is 5.11 Å². The molecule has 7 nitrogen and oxygen atoms in total. The van der Waals surface area contributed by atoms with E-state index in [0.29, 0.717) is 12.4 Å². The van der Waals surface area contributed by atoms with Crippen molar-refractivity contribution in [2.24, 2.45) is 0 Å². The number of benzene rings is 1. The first-order valence-corrected chi connectivity index (χ1v) is 7.20. The fraction of sp³-hybridized carbons (Fsp3) is 0.250. The third-order valence-electron chi connectivity index (χ3n) is 3.18. The lowest BCUT2D eigenvalue weighted by molar-refractivity contribution is -0.121. The fourth-order valence-corrected chi connectivity index (χ4v) is 1.93. The summed E-state index contributed by atoms with van der Waals surface area (Å²) in [6.07, 6.45) is 3.19. The highest BCUT2D eigenvalue weighted by molar-refractivity contribution is 5.85. The van der Waals surface area contributed by atoms with Gasteiger partial charge in [0.25, 0.3) is 0 Å². The van der Waals surface area contributed by atoms with Gasteiger partial charge in [-0.2, -0.15) is 0 Å². The normalized spacial score (nSPS) is 11.5. The molecule has 3 N–H and O–H groups in total. The summed E-state index contributed by atoms with van der Waals surface area (Å²) in [5.41, 5.74) is 1.01. The highest BCUT2D eigenvalue weighted by atomic mass is 16.4. The van der Waals surface area contributed by atoms with E-state index in [-0.39, 0.29) is 11.6 Å². The molecule has 0 bridgehead atoms. The van der Waals surface area contributed by atoms with Gasteiger partial charge in [0.15, 0.2) is 5.69 Å². The van der Waals surface area contributed by atoms with Crippen LogP contribution in [-0.4, -0.2) is 39.5 Å². The number of carboxylic acids is 1. The number of amides is 1. The Balaban J connectivity index is 1.79. The summed E-state index contributed by atoms with van der Waals surface area (Å²) in [5, 5.41) is 14.5. The first-order chi connectivity index (χ1) is 11.1. The molecule has 2 rings (SSSR count). The van der Waals surface area contributed by atoms with Gasteiger partial charge >= 0.3 is 5.97 Å². The van der Waals surface area contributed by atoms with Crippen molar-refractivity contribution in [3.05, 3.63) is 54.0 Å². The molecule has 1 atom stereocenters. The van der Waals surface area contributed by atoms with Crippen LogP contribution in [0.2, 0.25) is 0 Å². The Kier molecular flexibility index (Phi) is 5.62. The summed E-state index contributed by atoms with van der Waals surface area (Å²) < 4.78 is 0. The number of aromatic carboxylic acids is 1. The Morgan fingerprint density at radius 1 is 1.17 bits per heavy atom. The molecule has 0 saturated carbocycles. The van der Waals surface area contributed by atoms with Gasteiger partial charge in [-0.05, 0) is 18.9 Å². The summed E-state index contributed by atoms with van der Waals surface area (Å²) in [6.45, 7) is 2.24. The minimum atomic E-state index is -1.14. The van der Waals surface area contributed by atoms with E-state index >= 15 is 0 Å². The lowest BCUT2D eigenvalue weighted by Gasteiger charge is -2.14. The van der Waals surface area contributed by atoms with Gasteiger partial charge in [0.05, 0.1) is 12.4 Å². The molecule has 23 heavy (non-hydrogen) atoms. The number of nitrogens with zero attached hydrogens (tertiary/aromatic N) is 2. The van der Waals surface area contributed by atoms with Gasteiger partial charge in [-0.1, -0.05) is 30.3 Å². The van der Waals surface area contributed by atoms with Crippen LogP contribution in [0, 0.1) is 0 Å². The Labute approximate surface area is 133 Å². The van der Waals surface area contributed by atoms with E-state index in [1.807, 2.05) is 30.3 Å². The number of aromatic nitrogens is 2. The van der Waals surface area contributed by atoms with Crippen molar-refractivity contribution in [2.45, 2.75) is 19.4 Å². The van der Waals surface area contributed by atoms with E-state index < -0.39 is 12.0 Å². The molecule has 0 radical (unpaired) electrons. The van der Waals surface area contributed by atoms with Crippen molar-refractivity contribution in [1.82, 2.24) is 15.3 Å². The molecule has 0 fully saturated rings. The smallest absolute Gasteiger partial charge is 0.356 e. The van der Waals surface area contributed by atoms with Crippen molar-refractivity contribution in [3.8, 4) is 0 Å². The molecule has 0 aliphatic heterocycles. The largest absolute Gasteiger partial charge is 0.476 e. The molecular weight excluding hydrogens is 296 g/mol. The molecule has 1 amide bonds. The van der Waals surface area contributed by atoms with Gasteiger partial charge in [-0.15, -0.1) is 0 Å². The molecule has 1 aromatic carbocycles. The standard InChI is InChI=1S/C16H18N4O3/c1-11(20-14-10-18-13(9-19-14)16(22)23)15(21)17-8-7-12-5-3-2-4-6-12/h2-6,9-11H,7-8H2,1H3,(H,17,21)(H,19,20)(H,22,23)/t11-/m0/s1. The lowest BCUT2D eigenvalue weighted by atomic mass is 10.1. The van der Waals surface area contributed by atoms with Crippen LogP contribution in [0.25, 0.3) is 0 Å². The second kappa shape index (κ2) is 7.88. The molecule has 0 saturated heterocycles. The summed E-state index contributed by atoms with van der Waals surface area (Å²) in [5.74, 6) is -0.957. The van der Waals surface area contributed by atoms with Gasteiger partial charge in [0.1, 0.15) is 11.9 Å². The van der Waals surface area contributed by atoms with Crippen molar-refractivity contribution in [3.63, 3.8) is 0 Å². The maximum Gasteiger partial charge on any atom is 0.356 e. The van der Waals surface area contributed by atoms with Crippen LogP contribution in [0.15, 0.2) is 42.7 Å². The quantitative estimate of drug-likeness (QED) is 0.712. The minimum Gasteiger partial charge on any atom is -0.476 e. The summed E-state index contributed by atoms with van der Waals surface area (Å²) in [4.78, 5) is 30.3. The summed E-state index contributed by atoms with van der Waals surface area (Å²) in [7, 11) is 0. The topological polar surface area (TPSA) is 104 Å². The van der Waals surface area contributed by atoms with E-state index in [0.717, 1.165) is 18.2 Å². The number of nitrogens with one attached hydrogen (secondary N) is 2. The SMILES string of the molecule is C[C@H](Nc1cnc(C(=O)O)cn1)C(=O)NCCc1ccccc1. The van der Waals surface area contributed by atoms with E-state index in [9.17, 15) is 9.59 Å². The number of carboxylic acid groups (broad SMARTS) is 1. The predicted molar refractivity (Wildman–Crippen MR) is 85.2 cm³/mol. The summed E-state index contributed by atoms with van der Waals surface area (Å²) >= 11 is 0. The van der Waals surface area contributed by atoms with E-state index in [1.165, 1.54) is 6.20 Å². The third-order valence-corrected chi connectivity index (χ3v) is 3.18. The number of carbonyl (C=O) groups is 2. The monoisotopic (exact) mass is 314 g/mol. The van der Waals surface area contributed by atoms with Gasteiger partial charge in [-0.25, -0.2) is 14.8 Å². The molecule has 2 aromatic rings. The Morgan fingerprint density at radius 2 is 1.91 bits per heavy atom. The highest BCUT2D eigenvalue weighted by Gasteiger charge is 2.13. The van der Waals surface area contributed by atoms with Gasteiger partial charge in [-0.3, -0.25) is 4.79 Å². The molecule has 7 heteroatoms. The molecule has 0 unspecified atom stereocenters. The summed E-state index contributed by atoms with van der Waals surface area (Å²) in [6, 6.07) is 9.38. The molecule has 120 valence electrons. The van der Waals surface area contributed by atoms with Crippen LogP contribution in [0.5, 0.6) is 0 Å². The lowest BCUT2D eigenvalue weighted by Crippen LogP contribution is -2.38. The first-order valence-electron chi connectivity index (χ1n) is 7.20. The molecule has 1 aromatic heterocycles. The number of anilines is 1. The van der Waals surface area contributed by atoms with Crippen molar-refractivity contribution in [2.75, 3.05) is 11.9 Å². The fourth-order valence-electron chi connectivity index (χ4n) is 1.93. The average molecular weight is 314 g/mol. The number of carbonyl (C=O) groups excluding carboxylic acids is 1. The maximum atomic E-state index is 12.0. The van der Waals surface area contributed by atoms with Gasteiger partial charge in [0, 0.05) is 6.54 Å². The van der Waals surface area contributed by atoms with E-state index in [2.05, 4.69) is 20.6 Å². The number of hydrogen-bond acceptors (Lipinski definition) is 5. The third kappa shape index (κ3) is 5.06. The molecule has 0 spiro atoms. The Bertz CT molecular complexity index is 659. The van der Waals surface area contributed by atoms with E-state index in [1.54, 1.807) is 6.92 Å². The second-order valence-electron chi connectivity index (χ2n) is 4.98. The zero-order valence-electron chi connectivity index (χ0n) is 12.7. The minimum absolute atomic E-state index is 0.143. The van der Waals surface area contributed by atoms with Gasteiger partial charge in [0.2, 0.25) is 5.91 Å². The van der Waals surface area contributed by atoms with Crippen LogP contribution in [0.1, 0.15) is 23.0 Å².